The van der Waals surface area contributed by atoms with E-state index in [0.717, 1.165) is 37.8 Å². The number of aromatic nitrogens is 1. The number of nitrogens with zero attached hydrogens (tertiary/aromatic N) is 1. The maximum atomic E-state index is 13.6. The van der Waals surface area contributed by atoms with E-state index in [2.05, 4.69) is 15.6 Å². The Kier molecular flexibility index (Phi) is 4.42. The highest BCUT2D eigenvalue weighted by molar-refractivity contribution is 5.95. The minimum Gasteiger partial charge on any atom is -0.346 e. The maximum absolute atomic E-state index is 13.6. The van der Waals surface area contributed by atoms with Crippen LogP contribution in [0.1, 0.15) is 65.1 Å². The van der Waals surface area contributed by atoms with Crippen LogP contribution in [0, 0.1) is 24.6 Å². The van der Waals surface area contributed by atoms with Crippen LogP contribution in [0.3, 0.4) is 0 Å². The van der Waals surface area contributed by atoms with Crippen molar-refractivity contribution in [2.75, 3.05) is 0 Å². The van der Waals surface area contributed by atoms with Gasteiger partial charge in [0.25, 0.3) is 11.8 Å². The summed E-state index contributed by atoms with van der Waals surface area (Å²) in [4.78, 5) is 30.2. The van der Waals surface area contributed by atoms with Gasteiger partial charge in [0, 0.05) is 22.3 Å². The van der Waals surface area contributed by atoms with Crippen molar-refractivity contribution in [1.82, 2.24) is 15.6 Å². The lowest BCUT2D eigenvalue weighted by molar-refractivity contribution is -0.0448. The summed E-state index contributed by atoms with van der Waals surface area (Å²) in [6.45, 7) is 1.87. The van der Waals surface area contributed by atoms with Gasteiger partial charge >= 0.3 is 0 Å². The van der Waals surface area contributed by atoms with Crippen LogP contribution in [0.4, 0.5) is 4.39 Å². The third kappa shape index (κ3) is 3.48. The van der Waals surface area contributed by atoms with Crippen LogP contribution in [-0.4, -0.2) is 27.9 Å². The van der Waals surface area contributed by atoms with Crippen LogP contribution < -0.4 is 10.6 Å². The largest absolute Gasteiger partial charge is 0.346 e. The predicted octanol–water partition coefficient (Wildman–Crippen LogP) is 3.78. The van der Waals surface area contributed by atoms with E-state index in [4.69, 9.17) is 0 Å². The van der Waals surface area contributed by atoms with Crippen molar-refractivity contribution in [3.63, 3.8) is 0 Å². The van der Waals surface area contributed by atoms with Crippen LogP contribution in [0.5, 0.6) is 0 Å². The predicted molar refractivity (Wildman–Crippen MR) is 110 cm³/mol. The van der Waals surface area contributed by atoms with Gasteiger partial charge in [0.15, 0.2) is 0 Å². The van der Waals surface area contributed by atoms with Crippen LogP contribution in [-0.2, 0) is 0 Å². The highest BCUT2D eigenvalue weighted by Gasteiger charge is 2.58. The molecule has 5 nitrogen and oxygen atoms in total. The molecule has 6 rings (SSSR count). The van der Waals surface area contributed by atoms with Crippen LogP contribution in [0.15, 0.2) is 42.5 Å². The maximum Gasteiger partial charge on any atom is 0.270 e. The molecule has 0 aliphatic heterocycles. The molecule has 156 valence electrons. The van der Waals surface area contributed by atoms with E-state index >= 15 is 0 Å². The van der Waals surface area contributed by atoms with E-state index in [1.807, 2.05) is 19.1 Å². The highest BCUT2D eigenvalue weighted by Crippen LogP contribution is 2.57. The van der Waals surface area contributed by atoms with E-state index in [-0.39, 0.29) is 22.9 Å². The monoisotopic (exact) mass is 407 g/mol. The van der Waals surface area contributed by atoms with Crippen LogP contribution in [0.25, 0.3) is 0 Å². The number of benzene rings is 1. The molecule has 4 bridgehead atoms. The van der Waals surface area contributed by atoms with E-state index in [9.17, 15) is 14.0 Å². The minimum absolute atomic E-state index is 0.146. The molecule has 30 heavy (non-hydrogen) atoms. The van der Waals surface area contributed by atoms with Crippen molar-refractivity contribution in [3.8, 4) is 0 Å². The Hall–Kier alpha value is -2.76. The summed E-state index contributed by atoms with van der Waals surface area (Å²) in [5.74, 6) is 0.155. The molecule has 2 N–H and O–H groups in total. The van der Waals surface area contributed by atoms with E-state index in [1.54, 1.807) is 18.2 Å². The molecule has 2 atom stereocenters. The lowest BCUT2D eigenvalue weighted by Crippen LogP contribution is -2.69. The Morgan fingerprint density at radius 2 is 1.60 bits per heavy atom. The van der Waals surface area contributed by atoms with Gasteiger partial charge in [0.2, 0.25) is 0 Å². The standard InChI is InChI=1S/C24H26FN3O2/c1-15-4-2-7-20(26-15)22(30)28-24-12-16-8-17(13-24)11-23(10-16,14-24)27-21(29)18-5-3-6-19(25)9-18/h2-7,9,16-17H,8,10-14H2,1H3,(H,27,29)(H,28,30). The summed E-state index contributed by atoms with van der Waals surface area (Å²) in [7, 11) is 0. The molecule has 1 aromatic carbocycles. The first-order valence-corrected chi connectivity index (χ1v) is 10.7. The zero-order valence-electron chi connectivity index (χ0n) is 17.1. The summed E-state index contributed by atoms with van der Waals surface area (Å²) in [6.07, 6.45) is 5.59. The molecular formula is C24H26FN3O2. The first kappa shape index (κ1) is 19.2. The van der Waals surface area contributed by atoms with Crippen molar-refractivity contribution in [1.29, 1.82) is 0 Å². The van der Waals surface area contributed by atoms with Crippen molar-refractivity contribution in [3.05, 3.63) is 65.2 Å². The first-order chi connectivity index (χ1) is 14.3. The van der Waals surface area contributed by atoms with Crippen molar-refractivity contribution in [2.24, 2.45) is 11.8 Å². The molecule has 0 saturated heterocycles. The summed E-state index contributed by atoms with van der Waals surface area (Å²) >= 11 is 0. The average Bonchev–Trinajstić information content (AvgIpc) is 2.66. The fourth-order valence-electron chi connectivity index (χ4n) is 6.47. The van der Waals surface area contributed by atoms with Gasteiger partial charge in [-0.3, -0.25) is 9.59 Å². The van der Waals surface area contributed by atoms with E-state index < -0.39 is 5.82 Å². The van der Waals surface area contributed by atoms with Gasteiger partial charge < -0.3 is 10.6 Å². The molecule has 4 fully saturated rings. The topological polar surface area (TPSA) is 71.1 Å². The Bertz CT molecular complexity index is 930. The van der Waals surface area contributed by atoms with Gasteiger partial charge in [0.1, 0.15) is 11.5 Å². The van der Waals surface area contributed by atoms with Gasteiger partial charge in [-0.05, 0) is 87.6 Å². The Morgan fingerprint density at radius 3 is 2.23 bits per heavy atom. The number of carbonyl (C=O) groups is 2. The zero-order chi connectivity index (χ0) is 20.9. The number of rotatable bonds is 4. The lowest BCUT2D eigenvalue weighted by atomic mass is 9.49. The molecule has 0 radical (unpaired) electrons. The van der Waals surface area contributed by atoms with E-state index in [0.29, 0.717) is 29.5 Å². The average molecular weight is 407 g/mol. The summed E-state index contributed by atoms with van der Waals surface area (Å²) in [5, 5.41) is 6.54. The number of amides is 2. The molecule has 6 heteroatoms. The zero-order valence-corrected chi connectivity index (χ0v) is 17.1. The fraction of sp³-hybridized carbons (Fsp3) is 0.458. The van der Waals surface area contributed by atoms with Gasteiger partial charge in [-0.2, -0.15) is 0 Å². The molecule has 1 heterocycles. The third-order valence-corrected chi connectivity index (χ3v) is 7.03. The van der Waals surface area contributed by atoms with Crippen molar-refractivity contribution < 1.29 is 14.0 Å². The van der Waals surface area contributed by atoms with Crippen LogP contribution in [0.2, 0.25) is 0 Å². The normalized spacial score (nSPS) is 31.4. The second-order valence-corrected chi connectivity index (χ2v) is 9.60. The Balaban J connectivity index is 1.38. The number of carbonyl (C=O) groups excluding carboxylic acids is 2. The SMILES string of the molecule is Cc1cccc(C(=O)NC23CC4CC(CC(NC(=O)c5cccc(F)c5)(C4)C2)C3)n1. The van der Waals surface area contributed by atoms with E-state index in [1.165, 1.54) is 12.1 Å². The highest BCUT2D eigenvalue weighted by atomic mass is 19.1. The quantitative estimate of drug-likeness (QED) is 0.810. The molecule has 1 aromatic heterocycles. The molecule has 0 spiro atoms. The molecule has 4 aliphatic rings. The fourth-order valence-corrected chi connectivity index (χ4v) is 6.47. The molecule has 2 aromatic rings. The summed E-state index contributed by atoms with van der Waals surface area (Å²) in [5.41, 5.74) is 0.922. The minimum atomic E-state index is -0.414. The first-order valence-electron chi connectivity index (χ1n) is 10.7. The number of halogens is 1. The lowest BCUT2D eigenvalue weighted by Gasteiger charge is -2.62. The van der Waals surface area contributed by atoms with Gasteiger partial charge in [-0.15, -0.1) is 0 Å². The van der Waals surface area contributed by atoms with Gasteiger partial charge in [0.05, 0.1) is 0 Å². The Morgan fingerprint density at radius 1 is 0.967 bits per heavy atom. The summed E-state index contributed by atoms with van der Waals surface area (Å²) in [6, 6.07) is 11.3. The Labute approximate surface area is 175 Å². The second-order valence-electron chi connectivity index (χ2n) is 9.60. The number of hydrogen-bond donors (Lipinski definition) is 2. The molecule has 2 amide bonds. The number of aryl methyl sites for hydroxylation is 1. The van der Waals surface area contributed by atoms with Crippen molar-refractivity contribution >= 4 is 11.8 Å². The van der Waals surface area contributed by atoms with Crippen molar-refractivity contribution in [2.45, 2.75) is 56.5 Å². The molecule has 2 unspecified atom stereocenters. The number of pyridine rings is 1. The number of hydrogen-bond acceptors (Lipinski definition) is 3. The molecule has 4 saturated carbocycles. The third-order valence-electron chi connectivity index (χ3n) is 7.03. The summed E-state index contributed by atoms with van der Waals surface area (Å²) < 4.78 is 13.6. The molecular weight excluding hydrogens is 381 g/mol. The van der Waals surface area contributed by atoms with Crippen LogP contribution >= 0.6 is 0 Å². The molecule has 4 aliphatic carbocycles. The van der Waals surface area contributed by atoms with Gasteiger partial charge in [-0.25, -0.2) is 9.37 Å². The van der Waals surface area contributed by atoms with Gasteiger partial charge in [-0.1, -0.05) is 12.1 Å². The number of nitrogens with one attached hydrogen (secondary N) is 2. The smallest absolute Gasteiger partial charge is 0.270 e. The second kappa shape index (κ2) is 6.89.